The third kappa shape index (κ3) is 3.16. The van der Waals surface area contributed by atoms with E-state index in [1.54, 1.807) is 0 Å². The predicted molar refractivity (Wildman–Crippen MR) is 73.4 cm³/mol. The summed E-state index contributed by atoms with van der Waals surface area (Å²) in [7, 11) is 0. The van der Waals surface area contributed by atoms with Gasteiger partial charge in [-0.1, -0.05) is 13.8 Å². The molecular formula is C15H23NO2. The Labute approximate surface area is 109 Å². The normalized spacial score (nSPS) is 19.0. The molecule has 0 saturated heterocycles. The smallest absolute Gasteiger partial charge is 0.124 e. The molecule has 0 aromatic heterocycles. The largest absolute Gasteiger partial charge is 0.494 e. The van der Waals surface area contributed by atoms with Crippen LogP contribution in [-0.2, 0) is 0 Å². The van der Waals surface area contributed by atoms with E-state index in [0.717, 1.165) is 30.9 Å². The second-order valence-corrected chi connectivity index (χ2v) is 5.00. The first-order chi connectivity index (χ1) is 8.70. The van der Waals surface area contributed by atoms with Crippen molar-refractivity contribution in [3.8, 4) is 11.5 Å². The minimum Gasteiger partial charge on any atom is -0.494 e. The molecule has 0 aliphatic carbocycles. The highest BCUT2D eigenvalue weighted by atomic mass is 16.5. The SMILES string of the molecule is CCOc1ccc2c(c1)C(NC(C)C)CCCO2. The molecule has 100 valence electrons. The molecule has 1 atom stereocenters. The third-order valence-corrected chi connectivity index (χ3v) is 3.10. The summed E-state index contributed by atoms with van der Waals surface area (Å²) in [6.45, 7) is 7.86. The second kappa shape index (κ2) is 6.10. The predicted octanol–water partition coefficient (Wildman–Crippen LogP) is 3.30. The van der Waals surface area contributed by atoms with Crippen molar-refractivity contribution < 1.29 is 9.47 Å². The Balaban J connectivity index is 2.28. The zero-order valence-electron chi connectivity index (χ0n) is 11.5. The highest BCUT2D eigenvalue weighted by molar-refractivity contribution is 5.42. The number of rotatable bonds is 4. The van der Waals surface area contributed by atoms with Crippen molar-refractivity contribution in [2.24, 2.45) is 0 Å². The van der Waals surface area contributed by atoms with Gasteiger partial charge in [0.25, 0.3) is 0 Å². The second-order valence-electron chi connectivity index (χ2n) is 5.00. The van der Waals surface area contributed by atoms with Gasteiger partial charge in [-0.15, -0.1) is 0 Å². The molecule has 3 nitrogen and oxygen atoms in total. The van der Waals surface area contributed by atoms with Crippen LogP contribution in [-0.4, -0.2) is 19.3 Å². The van der Waals surface area contributed by atoms with Crippen molar-refractivity contribution in [1.82, 2.24) is 5.32 Å². The van der Waals surface area contributed by atoms with Gasteiger partial charge in [0.1, 0.15) is 11.5 Å². The number of nitrogens with one attached hydrogen (secondary N) is 1. The van der Waals surface area contributed by atoms with E-state index in [-0.39, 0.29) is 0 Å². The van der Waals surface area contributed by atoms with E-state index < -0.39 is 0 Å². The summed E-state index contributed by atoms with van der Waals surface area (Å²) in [5.41, 5.74) is 1.23. The average molecular weight is 249 g/mol. The van der Waals surface area contributed by atoms with Gasteiger partial charge in [0.2, 0.25) is 0 Å². The van der Waals surface area contributed by atoms with Crippen LogP contribution in [0.25, 0.3) is 0 Å². The van der Waals surface area contributed by atoms with Crippen molar-refractivity contribution >= 4 is 0 Å². The summed E-state index contributed by atoms with van der Waals surface area (Å²) in [6.07, 6.45) is 2.20. The molecule has 0 fully saturated rings. The molecule has 1 heterocycles. The summed E-state index contributed by atoms with van der Waals surface area (Å²) in [5, 5.41) is 3.61. The Morgan fingerprint density at radius 1 is 1.44 bits per heavy atom. The Morgan fingerprint density at radius 3 is 3.00 bits per heavy atom. The summed E-state index contributed by atoms with van der Waals surface area (Å²) in [4.78, 5) is 0. The molecule has 1 aromatic carbocycles. The molecule has 1 aromatic rings. The quantitative estimate of drug-likeness (QED) is 0.888. The van der Waals surface area contributed by atoms with E-state index in [9.17, 15) is 0 Å². The van der Waals surface area contributed by atoms with Crippen LogP contribution < -0.4 is 14.8 Å². The monoisotopic (exact) mass is 249 g/mol. The zero-order chi connectivity index (χ0) is 13.0. The molecule has 0 radical (unpaired) electrons. The fourth-order valence-corrected chi connectivity index (χ4v) is 2.39. The van der Waals surface area contributed by atoms with Crippen LogP contribution in [0.2, 0.25) is 0 Å². The van der Waals surface area contributed by atoms with Gasteiger partial charge in [-0.3, -0.25) is 0 Å². The Morgan fingerprint density at radius 2 is 2.28 bits per heavy atom. The molecule has 1 N–H and O–H groups in total. The Kier molecular flexibility index (Phi) is 4.48. The Hall–Kier alpha value is -1.22. The van der Waals surface area contributed by atoms with Crippen molar-refractivity contribution in [1.29, 1.82) is 0 Å². The number of ether oxygens (including phenoxy) is 2. The highest BCUT2D eigenvalue weighted by Crippen LogP contribution is 2.34. The van der Waals surface area contributed by atoms with Crippen LogP contribution in [0.1, 0.15) is 45.2 Å². The summed E-state index contributed by atoms with van der Waals surface area (Å²) in [5.74, 6) is 1.92. The molecule has 0 spiro atoms. The molecule has 3 heteroatoms. The molecule has 0 amide bonds. The first-order valence-electron chi connectivity index (χ1n) is 6.86. The minimum atomic E-state index is 0.364. The lowest BCUT2D eigenvalue weighted by Gasteiger charge is -2.21. The minimum absolute atomic E-state index is 0.364. The summed E-state index contributed by atoms with van der Waals surface area (Å²) in [6, 6.07) is 6.96. The number of fused-ring (bicyclic) bond motifs is 1. The van der Waals surface area contributed by atoms with Gasteiger partial charge in [0, 0.05) is 17.6 Å². The number of hydrogen-bond acceptors (Lipinski definition) is 3. The molecule has 1 unspecified atom stereocenters. The van der Waals surface area contributed by atoms with Gasteiger partial charge in [-0.2, -0.15) is 0 Å². The van der Waals surface area contributed by atoms with Gasteiger partial charge < -0.3 is 14.8 Å². The number of benzene rings is 1. The molecule has 1 aliphatic rings. The number of hydrogen-bond donors (Lipinski definition) is 1. The fraction of sp³-hybridized carbons (Fsp3) is 0.600. The molecule has 2 rings (SSSR count). The summed E-state index contributed by atoms with van der Waals surface area (Å²) < 4.78 is 11.4. The van der Waals surface area contributed by atoms with Gasteiger partial charge >= 0.3 is 0 Å². The summed E-state index contributed by atoms with van der Waals surface area (Å²) >= 11 is 0. The Bertz CT molecular complexity index is 390. The van der Waals surface area contributed by atoms with Gasteiger partial charge in [-0.05, 0) is 38.0 Å². The van der Waals surface area contributed by atoms with Crippen LogP contribution in [0.3, 0.4) is 0 Å². The zero-order valence-corrected chi connectivity index (χ0v) is 11.5. The standard InChI is InChI=1S/C15H23NO2/c1-4-17-12-7-8-15-13(10-12)14(16-11(2)3)6-5-9-18-15/h7-8,10-11,14,16H,4-6,9H2,1-3H3. The molecule has 0 saturated carbocycles. The van der Waals surface area contributed by atoms with Crippen molar-refractivity contribution in [3.63, 3.8) is 0 Å². The van der Waals surface area contributed by atoms with Crippen LogP contribution in [0.15, 0.2) is 18.2 Å². The van der Waals surface area contributed by atoms with Crippen LogP contribution >= 0.6 is 0 Å². The van der Waals surface area contributed by atoms with Crippen LogP contribution in [0, 0.1) is 0 Å². The van der Waals surface area contributed by atoms with E-state index >= 15 is 0 Å². The maximum atomic E-state index is 5.80. The third-order valence-electron chi connectivity index (χ3n) is 3.10. The first-order valence-corrected chi connectivity index (χ1v) is 6.86. The average Bonchev–Trinajstić information content (AvgIpc) is 2.52. The van der Waals surface area contributed by atoms with E-state index in [1.807, 2.05) is 19.1 Å². The lowest BCUT2D eigenvalue weighted by Crippen LogP contribution is -2.27. The van der Waals surface area contributed by atoms with Crippen molar-refractivity contribution in [2.45, 2.75) is 45.7 Å². The molecule has 18 heavy (non-hydrogen) atoms. The molecular weight excluding hydrogens is 226 g/mol. The maximum Gasteiger partial charge on any atom is 0.124 e. The lowest BCUT2D eigenvalue weighted by atomic mass is 10.0. The maximum absolute atomic E-state index is 5.80. The van der Waals surface area contributed by atoms with E-state index in [1.165, 1.54) is 5.56 Å². The van der Waals surface area contributed by atoms with Crippen LogP contribution in [0.5, 0.6) is 11.5 Å². The van der Waals surface area contributed by atoms with Gasteiger partial charge in [-0.25, -0.2) is 0 Å². The van der Waals surface area contributed by atoms with E-state index in [0.29, 0.717) is 18.7 Å². The lowest BCUT2D eigenvalue weighted by molar-refractivity contribution is 0.313. The molecule has 1 aliphatic heterocycles. The topological polar surface area (TPSA) is 30.5 Å². The van der Waals surface area contributed by atoms with Crippen molar-refractivity contribution in [3.05, 3.63) is 23.8 Å². The van der Waals surface area contributed by atoms with Crippen LogP contribution in [0.4, 0.5) is 0 Å². The highest BCUT2D eigenvalue weighted by Gasteiger charge is 2.20. The van der Waals surface area contributed by atoms with Gasteiger partial charge in [0.15, 0.2) is 0 Å². The fourth-order valence-electron chi connectivity index (χ4n) is 2.39. The molecule has 0 bridgehead atoms. The van der Waals surface area contributed by atoms with E-state index in [2.05, 4.69) is 25.2 Å². The van der Waals surface area contributed by atoms with Crippen molar-refractivity contribution in [2.75, 3.05) is 13.2 Å². The first kappa shape index (κ1) is 13.2. The van der Waals surface area contributed by atoms with Gasteiger partial charge in [0.05, 0.1) is 13.2 Å². The van der Waals surface area contributed by atoms with E-state index in [4.69, 9.17) is 9.47 Å².